The van der Waals surface area contributed by atoms with Gasteiger partial charge in [0, 0.05) is 13.1 Å². The Hall–Kier alpha value is -1.55. The van der Waals surface area contributed by atoms with Crippen LogP contribution in [0.2, 0.25) is 0 Å². The molecule has 0 heterocycles. The maximum atomic E-state index is 12.2. The predicted molar refractivity (Wildman–Crippen MR) is 84.6 cm³/mol. The quantitative estimate of drug-likeness (QED) is 0.877. The molecule has 1 aromatic rings. The van der Waals surface area contributed by atoms with E-state index in [0.717, 1.165) is 0 Å². The minimum absolute atomic E-state index is 0.0351. The van der Waals surface area contributed by atoms with Crippen LogP contribution in [0.25, 0.3) is 0 Å². The molecular weight excluding hydrogens is 266 g/mol. The van der Waals surface area contributed by atoms with E-state index in [1.165, 1.54) is 5.56 Å². The lowest BCUT2D eigenvalue weighted by atomic mass is 9.87. The lowest BCUT2D eigenvalue weighted by molar-refractivity contribution is -0.138. The molecule has 21 heavy (non-hydrogen) atoms. The highest BCUT2D eigenvalue weighted by Gasteiger charge is 2.21. The zero-order valence-electron chi connectivity index (χ0n) is 13.7. The lowest BCUT2D eigenvalue weighted by Crippen LogP contribution is -2.41. The third kappa shape index (κ3) is 5.05. The summed E-state index contributed by atoms with van der Waals surface area (Å²) in [5, 5.41) is 8.96. The summed E-state index contributed by atoms with van der Waals surface area (Å²) >= 11 is 0. The van der Waals surface area contributed by atoms with Crippen molar-refractivity contribution in [2.75, 3.05) is 19.7 Å². The second-order valence-corrected chi connectivity index (χ2v) is 6.18. The van der Waals surface area contributed by atoms with Crippen LogP contribution in [0.1, 0.15) is 40.2 Å². The number of amides is 1. The summed E-state index contributed by atoms with van der Waals surface area (Å²) in [4.78, 5) is 13.8. The van der Waals surface area contributed by atoms with Gasteiger partial charge >= 0.3 is 0 Å². The van der Waals surface area contributed by atoms with Crippen LogP contribution in [0.5, 0.6) is 5.75 Å². The molecule has 1 atom stereocenters. The Kier molecular flexibility index (Phi) is 6.21. The van der Waals surface area contributed by atoms with Gasteiger partial charge in [0.25, 0.3) is 5.91 Å². The molecule has 1 amide bonds. The summed E-state index contributed by atoms with van der Waals surface area (Å²) < 4.78 is 5.70. The maximum Gasteiger partial charge on any atom is 0.263 e. The Morgan fingerprint density at radius 1 is 1.29 bits per heavy atom. The molecule has 4 nitrogen and oxygen atoms in total. The molecule has 0 fully saturated rings. The molecule has 0 aliphatic rings. The van der Waals surface area contributed by atoms with Gasteiger partial charge in [-0.3, -0.25) is 4.79 Å². The summed E-state index contributed by atoms with van der Waals surface area (Å²) in [6, 6.07) is 7.84. The summed E-state index contributed by atoms with van der Waals surface area (Å²) in [5.74, 6) is 0.579. The van der Waals surface area contributed by atoms with Crippen molar-refractivity contribution in [2.24, 2.45) is 0 Å². The number of carbonyl (C=O) groups is 1. The van der Waals surface area contributed by atoms with E-state index in [9.17, 15) is 4.79 Å². The van der Waals surface area contributed by atoms with E-state index in [1.54, 1.807) is 11.8 Å². The normalized spacial score (nSPS) is 12.9. The number of ether oxygens (including phenoxy) is 1. The van der Waals surface area contributed by atoms with Crippen LogP contribution in [-0.4, -0.2) is 41.7 Å². The number of hydrogen-bond acceptors (Lipinski definition) is 3. The third-order valence-electron chi connectivity index (χ3n) is 3.44. The summed E-state index contributed by atoms with van der Waals surface area (Å²) in [6.45, 7) is 11.0. The van der Waals surface area contributed by atoms with Crippen LogP contribution < -0.4 is 4.74 Å². The molecule has 1 unspecified atom stereocenters. The minimum atomic E-state index is -0.558. The SMILES string of the molecule is CCN(CCO)C(=O)C(C)Oc1ccc(C(C)(C)C)cc1. The lowest BCUT2D eigenvalue weighted by Gasteiger charge is -2.24. The molecular formula is C17H27NO3. The standard InChI is InChI=1S/C17H27NO3/c1-6-18(11-12-19)16(20)13(2)21-15-9-7-14(8-10-15)17(3,4)5/h7-10,13,19H,6,11-12H2,1-5H3. The molecule has 0 spiro atoms. The van der Waals surface area contributed by atoms with Gasteiger partial charge in [0.15, 0.2) is 6.10 Å². The fourth-order valence-corrected chi connectivity index (χ4v) is 2.09. The van der Waals surface area contributed by atoms with Crippen LogP contribution in [0.4, 0.5) is 0 Å². The molecule has 0 aromatic heterocycles. The van der Waals surface area contributed by atoms with Gasteiger partial charge in [0.2, 0.25) is 0 Å². The highest BCUT2D eigenvalue weighted by molar-refractivity contribution is 5.80. The Morgan fingerprint density at radius 2 is 1.86 bits per heavy atom. The summed E-state index contributed by atoms with van der Waals surface area (Å²) in [5.41, 5.74) is 1.32. The van der Waals surface area contributed by atoms with Crippen molar-refractivity contribution < 1.29 is 14.6 Å². The first kappa shape index (κ1) is 17.5. The van der Waals surface area contributed by atoms with Gasteiger partial charge in [-0.2, -0.15) is 0 Å². The van der Waals surface area contributed by atoms with E-state index in [1.807, 2.05) is 31.2 Å². The number of aliphatic hydroxyl groups excluding tert-OH is 1. The van der Waals surface area contributed by atoms with Gasteiger partial charge < -0.3 is 14.7 Å². The average molecular weight is 293 g/mol. The van der Waals surface area contributed by atoms with Crippen LogP contribution in [-0.2, 0) is 10.2 Å². The number of nitrogens with zero attached hydrogens (tertiary/aromatic N) is 1. The summed E-state index contributed by atoms with van der Waals surface area (Å²) in [7, 11) is 0. The van der Waals surface area contributed by atoms with Gasteiger partial charge in [-0.1, -0.05) is 32.9 Å². The second kappa shape index (κ2) is 7.46. The molecule has 1 rings (SSSR count). The maximum absolute atomic E-state index is 12.2. The largest absolute Gasteiger partial charge is 0.481 e. The zero-order chi connectivity index (χ0) is 16.0. The Morgan fingerprint density at radius 3 is 2.29 bits per heavy atom. The van der Waals surface area contributed by atoms with Crippen molar-refractivity contribution >= 4 is 5.91 Å². The van der Waals surface area contributed by atoms with E-state index in [0.29, 0.717) is 18.8 Å². The van der Waals surface area contributed by atoms with Crippen molar-refractivity contribution in [2.45, 2.75) is 46.1 Å². The first-order valence-electron chi connectivity index (χ1n) is 7.46. The molecule has 0 saturated carbocycles. The molecule has 0 saturated heterocycles. The van der Waals surface area contributed by atoms with Gasteiger partial charge in [-0.15, -0.1) is 0 Å². The summed E-state index contributed by atoms with van der Waals surface area (Å²) in [6.07, 6.45) is -0.558. The van der Waals surface area contributed by atoms with Crippen molar-refractivity contribution in [1.29, 1.82) is 0 Å². The smallest absolute Gasteiger partial charge is 0.263 e. The zero-order valence-corrected chi connectivity index (χ0v) is 13.7. The fraction of sp³-hybridized carbons (Fsp3) is 0.588. The van der Waals surface area contributed by atoms with Crippen LogP contribution in [0.15, 0.2) is 24.3 Å². The molecule has 0 aliphatic heterocycles. The average Bonchev–Trinajstić information content (AvgIpc) is 2.43. The number of rotatable bonds is 6. The topological polar surface area (TPSA) is 49.8 Å². The van der Waals surface area contributed by atoms with Crippen LogP contribution in [0, 0.1) is 0 Å². The minimum Gasteiger partial charge on any atom is -0.481 e. The predicted octanol–water partition coefficient (Wildman–Crippen LogP) is 2.59. The van der Waals surface area contributed by atoms with E-state index < -0.39 is 6.10 Å². The van der Waals surface area contributed by atoms with Gasteiger partial charge in [-0.05, 0) is 37.0 Å². The van der Waals surface area contributed by atoms with Gasteiger partial charge in [0.05, 0.1) is 6.61 Å². The second-order valence-electron chi connectivity index (χ2n) is 6.18. The molecule has 118 valence electrons. The number of carbonyl (C=O) groups excluding carboxylic acids is 1. The number of aliphatic hydroxyl groups is 1. The molecule has 4 heteroatoms. The van der Waals surface area contributed by atoms with Crippen molar-refractivity contribution in [3.05, 3.63) is 29.8 Å². The highest BCUT2D eigenvalue weighted by atomic mass is 16.5. The highest BCUT2D eigenvalue weighted by Crippen LogP contribution is 2.24. The number of benzene rings is 1. The number of hydrogen-bond donors (Lipinski definition) is 1. The molecule has 1 aromatic carbocycles. The first-order chi connectivity index (χ1) is 9.79. The molecule has 0 radical (unpaired) electrons. The van der Waals surface area contributed by atoms with E-state index in [-0.39, 0.29) is 17.9 Å². The van der Waals surface area contributed by atoms with Crippen molar-refractivity contribution in [3.8, 4) is 5.75 Å². The van der Waals surface area contributed by atoms with Crippen LogP contribution >= 0.6 is 0 Å². The Bertz CT molecular complexity index is 448. The molecule has 0 aliphatic carbocycles. The van der Waals surface area contributed by atoms with Gasteiger partial charge in [-0.25, -0.2) is 0 Å². The molecule has 1 N–H and O–H groups in total. The first-order valence-corrected chi connectivity index (χ1v) is 7.46. The number of likely N-dealkylation sites (N-methyl/N-ethyl adjacent to an activating group) is 1. The van der Waals surface area contributed by atoms with Gasteiger partial charge in [0.1, 0.15) is 5.75 Å². The van der Waals surface area contributed by atoms with Crippen molar-refractivity contribution in [3.63, 3.8) is 0 Å². The Balaban J connectivity index is 2.70. The third-order valence-corrected chi connectivity index (χ3v) is 3.44. The van der Waals surface area contributed by atoms with Crippen LogP contribution in [0.3, 0.4) is 0 Å². The van der Waals surface area contributed by atoms with Crippen molar-refractivity contribution in [1.82, 2.24) is 4.90 Å². The molecule has 0 bridgehead atoms. The monoisotopic (exact) mass is 293 g/mol. The van der Waals surface area contributed by atoms with E-state index >= 15 is 0 Å². The Labute approximate surface area is 127 Å². The fourth-order valence-electron chi connectivity index (χ4n) is 2.09. The van der Waals surface area contributed by atoms with E-state index in [2.05, 4.69) is 20.8 Å². The van der Waals surface area contributed by atoms with E-state index in [4.69, 9.17) is 9.84 Å².